The number of hydrogen-bond acceptors (Lipinski definition) is 1. The third-order valence-corrected chi connectivity index (χ3v) is 4.75. The normalized spacial score (nSPS) is 20.0. The highest BCUT2D eigenvalue weighted by Crippen LogP contribution is 2.41. The maximum atomic E-state index is 5.96. The second-order valence-corrected chi connectivity index (χ2v) is 6.09. The smallest absolute Gasteiger partial charge is 0.0921 e. The van der Waals surface area contributed by atoms with Crippen molar-refractivity contribution in [2.75, 3.05) is 7.11 Å². The van der Waals surface area contributed by atoms with Gasteiger partial charge in [0.15, 0.2) is 0 Å². The molecule has 0 saturated heterocycles. The Balaban J connectivity index is 1.94. The lowest BCUT2D eigenvalue weighted by Crippen LogP contribution is -2.15. The zero-order valence-electron chi connectivity index (χ0n) is 13.1. The first-order valence-electron chi connectivity index (χ1n) is 8.20. The van der Waals surface area contributed by atoms with E-state index in [1.54, 1.807) is 0 Å². The van der Waals surface area contributed by atoms with Gasteiger partial charge in [-0.3, -0.25) is 0 Å². The van der Waals surface area contributed by atoms with Gasteiger partial charge >= 0.3 is 0 Å². The van der Waals surface area contributed by atoms with E-state index in [1.165, 1.54) is 48.2 Å². The molecule has 1 aliphatic rings. The van der Waals surface area contributed by atoms with Crippen LogP contribution in [0.5, 0.6) is 0 Å². The number of fused-ring (bicyclic) bond motifs is 1. The quantitative estimate of drug-likeness (QED) is 0.781. The minimum Gasteiger partial charge on any atom is -0.376 e. The summed E-state index contributed by atoms with van der Waals surface area (Å²) in [5.41, 5.74) is 5.55. The topological polar surface area (TPSA) is 40.8 Å². The molecular formula is C18H26N2O. The van der Waals surface area contributed by atoms with Gasteiger partial charge in [0.2, 0.25) is 0 Å². The first-order valence-corrected chi connectivity index (χ1v) is 8.20. The highest BCUT2D eigenvalue weighted by atomic mass is 16.5. The van der Waals surface area contributed by atoms with Gasteiger partial charge in [-0.25, -0.2) is 0 Å². The van der Waals surface area contributed by atoms with Crippen LogP contribution in [0.2, 0.25) is 0 Å². The van der Waals surface area contributed by atoms with Crippen LogP contribution in [0.3, 0.4) is 0 Å². The van der Waals surface area contributed by atoms with E-state index < -0.39 is 0 Å². The van der Waals surface area contributed by atoms with Crippen molar-refractivity contribution in [3.63, 3.8) is 0 Å². The van der Waals surface area contributed by atoms with Crippen LogP contribution in [0.25, 0.3) is 0 Å². The van der Waals surface area contributed by atoms with E-state index in [1.807, 2.05) is 7.11 Å². The SMILES string of the molecule is CCCc1[nH]ccc1C(OC)C1CCCCc2cc[nH]c21. The van der Waals surface area contributed by atoms with Crippen LogP contribution in [0.1, 0.15) is 67.1 Å². The van der Waals surface area contributed by atoms with E-state index in [2.05, 4.69) is 41.4 Å². The van der Waals surface area contributed by atoms with Crippen molar-refractivity contribution in [3.8, 4) is 0 Å². The zero-order chi connectivity index (χ0) is 14.7. The van der Waals surface area contributed by atoms with Crippen LogP contribution < -0.4 is 0 Å². The molecule has 21 heavy (non-hydrogen) atoms. The first-order chi connectivity index (χ1) is 10.3. The number of nitrogens with one attached hydrogen (secondary N) is 2. The Labute approximate surface area is 127 Å². The summed E-state index contributed by atoms with van der Waals surface area (Å²) >= 11 is 0. The number of hydrogen-bond donors (Lipinski definition) is 2. The van der Waals surface area contributed by atoms with Gasteiger partial charge < -0.3 is 14.7 Å². The third-order valence-electron chi connectivity index (χ3n) is 4.75. The number of aryl methyl sites for hydroxylation is 2. The lowest BCUT2D eigenvalue weighted by atomic mass is 9.88. The van der Waals surface area contributed by atoms with Gasteiger partial charge in [-0.2, -0.15) is 0 Å². The van der Waals surface area contributed by atoms with Crippen LogP contribution in [-0.2, 0) is 17.6 Å². The molecule has 3 rings (SSSR count). The third kappa shape index (κ3) is 2.80. The predicted molar refractivity (Wildman–Crippen MR) is 85.6 cm³/mol. The molecule has 2 aromatic rings. The fraction of sp³-hybridized carbons (Fsp3) is 0.556. The Bertz CT molecular complexity index is 569. The molecule has 2 N–H and O–H groups in total. The van der Waals surface area contributed by atoms with E-state index in [0.29, 0.717) is 5.92 Å². The molecule has 114 valence electrons. The molecule has 3 nitrogen and oxygen atoms in total. The van der Waals surface area contributed by atoms with E-state index in [4.69, 9.17) is 4.74 Å². The van der Waals surface area contributed by atoms with Gasteiger partial charge in [-0.1, -0.05) is 19.8 Å². The van der Waals surface area contributed by atoms with Gasteiger partial charge in [0, 0.05) is 42.4 Å². The highest BCUT2D eigenvalue weighted by Gasteiger charge is 2.30. The van der Waals surface area contributed by atoms with E-state index in [-0.39, 0.29) is 6.10 Å². The Morgan fingerprint density at radius 2 is 2.10 bits per heavy atom. The van der Waals surface area contributed by atoms with Crippen molar-refractivity contribution in [1.29, 1.82) is 0 Å². The van der Waals surface area contributed by atoms with Gasteiger partial charge in [0.25, 0.3) is 0 Å². The van der Waals surface area contributed by atoms with Crippen molar-refractivity contribution in [2.24, 2.45) is 0 Å². The summed E-state index contributed by atoms with van der Waals surface area (Å²) in [4.78, 5) is 6.89. The summed E-state index contributed by atoms with van der Waals surface area (Å²) in [5.74, 6) is 0.439. The van der Waals surface area contributed by atoms with Gasteiger partial charge in [0.05, 0.1) is 6.10 Å². The molecule has 0 aliphatic heterocycles. The summed E-state index contributed by atoms with van der Waals surface area (Å²) in [6, 6.07) is 4.44. The second kappa shape index (κ2) is 6.52. The Morgan fingerprint density at radius 3 is 2.90 bits per heavy atom. The average molecular weight is 286 g/mol. The molecule has 0 saturated carbocycles. The van der Waals surface area contributed by atoms with E-state index in [9.17, 15) is 0 Å². The van der Waals surface area contributed by atoms with Crippen LogP contribution in [0.4, 0.5) is 0 Å². The number of rotatable bonds is 5. The number of H-pyrrole nitrogens is 2. The fourth-order valence-electron chi connectivity index (χ4n) is 3.76. The lowest BCUT2D eigenvalue weighted by Gasteiger charge is -2.26. The molecule has 2 heterocycles. The van der Waals surface area contributed by atoms with Crippen LogP contribution in [-0.4, -0.2) is 17.1 Å². The maximum absolute atomic E-state index is 5.96. The maximum Gasteiger partial charge on any atom is 0.0921 e. The lowest BCUT2D eigenvalue weighted by molar-refractivity contribution is 0.0737. The molecule has 2 unspecified atom stereocenters. The Morgan fingerprint density at radius 1 is 1.24 bits per heavy atom. The van der Waals surface area contributed by atoms with Gasteiger partial charge in [0.1, 0.15) is 0 Å². The Hall–Kier alpha value is -1.48. The molecule has 3 heteroatoms. The standard InChI is InChI=1S/C18H26N2O/c1-3-6-16-14(10-12-19-16)18(21-2)15-8-5-4-7-13-9-11-20-17(13)15/h9-12,15,18-20H,3-8H2,1-2H3. The highest BCUT2D eigenvalue weighted by molar-refractivity contribution is 5.32. The zero-order valence-corrected chi connectivity index (χ0v) is 13.1. The minimum atomic E-state index is 0.147. The summed E-state index contributed by atoms with van der Waals surface area (Å²) in [6.07, 6.45) is 11.5. The number of aromatic amines is 2. The number of methoxy groups -OCH3 is 1. The molecule has 2 aromatic heterocycles. The van der Waals surface area contributed by atoms with Gasteiger partial charge in [-0.05, 0) is 43.4 Å². The van der Waals surface area contributed by atoms with Crippen molar-refractivity contribution < 1.29 is 4.74 Å². The molecule has 0 aromatic carbocycles. The monoisotopic (exact) mass is 286 g/mol. The minimum absolute atomic E-state index is 0.147. The van der Waals surface area contributed by atoms with Crippen molar-refractivity contribution in [1.82, 2.24) is 9.97 Å². The average Bonchev–Trinajstić information content (AvgIpc) is 3.09. The van der Waals surface area contributed by atoms with Crippen molar-refractivity contribution in [2.45, 2.75) is 57.5 Å². The molecule has 2 atom stereocenters. The van der Waals surface area contributed by atoms with E-state index in [0.717, 1.165) is 12.8 Å². The molecule has 0 radical (unpaired) electrons. The van der Waals surface area contributed by atoms with Crippen LogP contribution >= 0.6 is 0 Å². The molecule has 1 aliphatic carbocycles. The second-order valence-electron chi connectivity index (χ2n) is 6.09. The van der Waals surface area contributed by atoms with Crippen molar-refractivity contribution in [3.05, 3.63) is 47.0 Å². The van der Waals surface area contributed by atoms with Crippen LogP contribution in [0.15, 0.2) is 24.5 Å². The summed E-state index contributed by atoms with van der Waals surface area (Å²) < 4.78 is 5.96. The number of ether oxygens (including phenoxy) is 1. The van der Waals surface area contributed by atoms with E-state index >= 15 is 0 Å². The fourth-order valence-corrected chi connectivity index (χ4v) is 3.76. The van der Waals surface area contributed by atoms with Gasteiger partial charge in [-0.15, -0.1) is 0 Å². The van der Waals surface area contributed by atoms with Crippen LogP contribution in [0, 0.1) is 0 Å². The molecule has 0 amide bonds. The number of aromatic nitrogens is 2. The predicted octanol–water partition coefficient (Wildman–Crippen LogP) is 4.49. The summed E-state index contributed by atoms with van der Waals surface area (Å²) in [5, 5.41) is 0. The first kappa shape index (κ1) is 14.5. The summed E-state index contributed by atoms with van der Waals surface area (Å²) in [6.45, 7) is 2.22. The molecule has 0 fully saturated rings. The molecule has 0 spiro atoms. The summed E-state index contributed by atoms with van der Waals surface area (Å²) in [7, 11) is 1.85. The molecular weight excluding hydrogens is 260 g/mol. The largest absolute Gasteiger partial charge is 0.376 e. The molecule has 0 bridgehead atoms. The van der Waals surface area contributed by atoms with Crippen molar-refractivity contribution >= 4 is 0 Å². The Kier molecular flexibility index (Phi) is 4.49.